The number of nitrogens with zero attached hydrogens (tertiary/aromatic N) is 4. The van der Waals surface area contributed by atoms with Crippen molar-refractivity contribution in [1.82, 2.24) is 10.9 Å². The van der Waals surface area contributed by atoms with Gasteiger partial charge in [0.25, 0.3) is 0 Å². The fourth-order valence-corrected chi connectivity index (χ4v) is 0.161. The van der Waals surface area contributed by atoms with E-state index in [0.29, 0.717) is 0 Å². The van der Waals surface area contributed by atoms with Crippen LogP contribution in [-0.2, 0) is 26.4 Å². The number of quaternary nitrogens is 2. The van der Waals surface area contributed by atoms with Crippen molar-refractivity contribution in [2.45, 2.75) is 0 Å². The number of hydrogen-bond donors (Lipinski definition) is 4. The molecule has 0 saturated carbocycles. The summed E-state index contributed by atoms with van der Waals surface area (Å²) >= 11 is 0. The van der Waals surface area contributed by atoms with E-state index in [9.17, 15) is 9.59 Å². The fourth-order valence-electron chi connectivity index (χ4n) is 0.161. The first kappa shape index (κ1) is 37.4. The van der Waals surface area contributed by atoms with Crippen LogP contribution >= 0.6 is 0 Å². The van der Waals surface area contributed by atoms with E-state index in [-0.39, 0.29) is 16.8 Å². The molecule has 0 saturated heterocycles. The zero-order chi connectivity index (χ0) is 20.9. The molecular weight excluding hydrogens is 419 g/mol. The van der Waals surface area contributed by atoms with Crippen LogP contribution in [0.25, 0.3) is 0 Å². The largest absolute Gasteiger partial charge is 2.00 e. The summed E-state index contributed by atoms with van der Waals surface area (Å²) in [5, 5.41) is 59.0. The Balaban J connectivity index is -0.0000000467. The number of amides is 2. The molecule has 149 valence electrons. The first-order chi connectivity index (χ1) is 10.6. The predicted octanol–water partition coefficient (Wildman–Crippen LogP) is -5.43. The van der Waals surface area contributed by atoms with Gasteiger partial charge in [-0.15, -0.1) is 0 Å². The topological polar surface area (TPSA) is 378 Å². The molecule has 0 unspecified atom stereocenters. The number of hydrogen-bond acceptors (Lipinski definition) is 14. The van der Waals surface area contributed by atoms with Crippen LogP contribution in [0.3, 0.4) is 0 Å². The maximum atomic E-state index is 10.1. The Labute approximate surface area is 143 Å². The van der Waals surface area contributed by atoms with Gasteiger partial charge in [-0.25, -0.2) is 0 Å². The van der Waals surface area contributed by atoms with Gasteiger partial charge >= 0.3 is 28.6 Å². The third-order valence-corrected chi connectivity index (χ3v) is 0.527. The molecule has 0 aliphatic carbocycles. The zero-order valence-corrected chi connectivity index (χ0v) is 12.3. The monoisotopic (exact) mass is 427 g/mol. The van der Waals surface area contributed by atoms with Crippen LogP contribution < -0.4 is 22.5 Å². The Hall–Kier alpha value is -3.83. The molecule has 23 heteroatoms. The molecule has 25 heavy (non-hydrogen) atoms. The molecular formula is C2H8CoN8O14. The molecule has 0 aliphatic rings. The summed E-state index contributed by atoms with van der Waals surface area (Å²) in [4.78, 5) is 53.2. The van der Waals surface area contributed by atoms with Crippen molar-refractivity contribution >= 4 is 11.8 Å². The molecule has 0 aromatic carbocycles. The maximum Gasteiger partial charge on any atom is 2.00 e. The Kier molecular flexibility index (Phi) is 42.4. The van der Waals surface area contributed by atoms with Crippen LogP contribution in [0.4, 0.5) is 0 Å². The van der Waals surface area contributed by atoms with Crippen molar-refractivity contribution in [3.8, 4) is 0 Å². The van der Waals surface area contributed by atoms with Gasteiger partial charge in [0.2, 0.25) is 0 Å². The molecule has 0 bridgehead atoms. The normalized spacial score (nSPS) is 6.32. The fraction of sp³-hybridized carbons (Fsp3) is 0. The van der Waals surface area contributed by atoms with Gasteiger partial charge in [0.15, 0.2) is 0 Å². The van der Waals surface area contributed by atoms with E-state index in [0.717, 1.165) is 0 Å². The molecule has 0 aromatic rings. The number of nitrogens with one attached hydrogen (secondary N) is 2. The van der Waals surface area contributed by atoms with Gasteiger partial charge in [-0.1, -0.05) is 0 Å². The minimum atomic E-state index is -1.75. The average molecular weight is 427 g/mol. The van der Waals surface area contributed by atoms with Crippen LogP contribution in [0.5, 0.6) is 0 Å². The third-order valence-electron chi connectivity index (χ3n) is 0.527. The van der Waals surface area contributed by atoms with Gasteiger partial charge in [0.05, 0.1) is 20.3 Å². The van der Waals surface area contributed by atoms with Gasteiger partial charge < -0.3 is 61.3 Å². The minimum absolute atomic E-state index is 0. The average Bonchev–Trinajstić information content (AvgIpc) is 2.34. The van der Waals surface area contributed by atoms with E-state index in [4.69, 9.17) is 61.3 Å². The van der Waals surface area contributed by atoms with Gasteiger partial charge in [0.1, 0.15) is 0 Å². The van der Waals surface area contributed by atoms with Crippen LogP contribution in [0.1, 0.15) is 0 Å². The van der Waals surface area contributed by atoms with E-state index in [2.05, 4.69) is 11.7 Å². The van der Waals surface area contributed by atoms with Crippen LogP contribution in [-0.4, -0.2) is 32.2 Å². The van der Waals surface area contributed by atoms with Crippen molar-refractivity contribution in [1.29, 1.82) is 0 Å². The second-order valence-electron chi connectivity index (χ2n) is 1.91. The quantitative estimate of drug-likeness (QED) is 0.159. The molecule has 1 radical (unpaired) electrons. The second kappa shape index (κ2) is 28.3. The second-order valence-corrected chi connectivity index (χ2v) is 1.91. The van der Waals surface area contributed by atoms with E-state index in [1.807, 2.05) is 10.9 Å². The Morgan fingerprint density at radius 3 is 0.680 bits per heavy atom. The summed E-state index contributed by atoms with van der Waals surface area (Å²) in [7, 11) is 0. The van der Waals surface area contributed by atoms with Crippen molar-refractivity contribution < 1.29 is 58.4 Å². The zero-order valence-electron chi connectivity index (χ0n) is 11.3. The molecule has 0 aromatic heterocycles. The SMILES string of the molecule is O=[N+]([O-])[O-].O=[N+]([O-])[O-].O=[N+]([O-])[O-].O=[N+]([O-])[O-].[Co+2].[NH3+]NC(=O)C(=O)N[NH3+]. The Bertz CT molecular complexity index is 334. The Morgan fingerprint density at radius 1 is 0.560 bits per heavy atom. The number of carbonyl (C=O) groups excluding carboxylic acids is 2. The number of carbonyl (C=O) groups is 2. The molecule has 0 atom stereocenters. The van der Waals surface area contributed by atoms with Gasteiger partial charge in [-0.3, -0.25) is 21.3 Å². The standard InChI is InChI=1S/C2H6N4O2.Co.4NO3/c3-5-1(7)2(8)6-4;;4*2-1(3)4/h3-4H2,(H,5,7)(H,6,8);;;;;/q;+2;4*-1/p+2. The van der Waals surface area contributed by atoms with E-state index < -0.39 is 32.2 Å². The summed E-state index contributed by atoms with van der Waals surface area (Å²) in [5.74, 6) is 4.35. The Morgan fingerprint density at radius 2 is 0.640 bits per heavy atom. The van der Waals surface area contributed by atoms with Crippen molar-refractivity contribution in [3.05, 3.63) is 61.3 Å². The maximum absolute atomic E-state index is 10.1. The molecule has 0 fully saturated rings. The molecule has 8 N–H and O–H groups in total. The van der Waals surface area contributed by atoms with E-state index >= 15 is 0 Å². The van der Waals surface area contributed by atoms with E-state index in [1.54, 1.807) is 0 Å². The van der Waals surface area contributed by atoms with Crippen LogP contribution in [0.15, 0.2) is 0 Å². The molecule has 0 spiro atoms. The van der Waals surface area contributed by atoms with Crippen LogP contribution in [0.2, 0.25) is 0 Å². The van der Waals surface area contributed by atoms with Gasteiger partial charge in [-0.05, 0) is 0 Å². The molecule has 2 amide bonds. The predicted molar refractivity (Wildman–Crippen MR) is 63.5 cm³/mol. The van der Waals surface area contributed by atoms with Crippen molar-refractivity contribution in [2.75, 3.05) is 0 Å². The molecule has 0 aliphatic heterocycles. The van der Waals surface area contributed by atoms with Crippen LogP contribution in [0, 0.1) is 61.3 Å². The van der Waals surface area contributed by atoms with Crippen molar-refractivity contribution in [3.63, 3.8) is 0 Å². The van der Waals surface area contributed by atoms with E-state index in [1.165, 1.54) is 0 Å². The molecule has 0 rings (SSSR count). The molecule has 22 nitrogen and oxygen atoms in total. The summed E-state index contributed by atoms with van der Waals surface area (Å²) in [5.41, 5.74) is 3.75. The first-order valence-corrected chi connectivity index (χ1v) is 4.06. The summed E-state index contributed by atoms with van der Waals surface area (Å²) < 4.78 is 0. The van der Waals surface area contributed by atoms with Crippen molar-refractivity contribution in [2.24, 2.45) is 0 Å². The minimum Gasteiger partial charge on any atom is -0.356 e. The number of rotatable bonds is 0. The smallest absolute Gasteiger partial charge is 0.356 e. The summed E-state index contributed by atoms with van der Waals surface area (Å²) in [6.07, 6.45) is 0. The summed E-state index contributed by atoms with van der Waals surface area (Å²) in [6, 6.07) is 0. The van der Waals surface area contributed by atoms with Gasteiger partial charge in [-0.2, -0.15) is 10.9 Å². The summed E-state index contributed by atoms with van der Waals surface area (Å²) in [6.45, 7) is 0. The molecule has 0 heterocycles. The first-order valence-electron chi connectivity index (χ1n) is 4.06. The van der Waals surface area contributed by atoms with Gasteiger partial charge in [0, 0.05) is 0 Å². The third kappa shape index (κ3) is 383.